The maximum Gasteiger partial charge on any atom is 0.524 e. The Morgan fingerprint density at radius 1 is 1.00 bits per heavy atom. The van der Waals surface area contributed by atoms with Crippen LogP contribution in [0.1, 0.15) is 35.7 Å². The van der Waals surface area contributed by atoms with Crippen LogP contribution in [0.2, 0.25) is 0 Å². The van der Waals surface area contributed by atoms with Gasteiger partial charge in [0, 0.05) is 19.7 Å². The van der Waals surface area contributed by atoms with Crippen molar-refractivity contribution in [2.24, 2.45) is 0 Å². The van der Waals surface area contributed by atoms with Gasteiger partial charge in [-0.3, -0.25) is 24.4 Å². The number of unbranched alkanes of at least 4 members (excludes halogenated alkanes) is 1. The molecule has 0 unspecified atom stereocenters. The highest BCUT2D eigenvalue weighted by Gasteiger charge is 2.30. The number of carbonyl (C=O) groups is 1. The molecule has 3 rings (SSSR count). The zero-order chi connectivity index (χ0) is 28.4. The number of aryl methyl sites for hydroxylation is 1. The van der Waals surface area contributed by atoms with E-state index in [1.807, 2.05) is 6.92 Å². The van der Waals surface area contributed by atoms with Crippen molar-refractivity contribution in [3.63, 3.8) is 0 Å². The van der Waals surface area contributed by atoms with Crippen molar-refractivity contribution in [2.45, 2.75) is 26.7 Å². The molecular weight excluding hydrogens is 546 g/mol. The highest BCUT2D eigenvalue weighted by Crippen LogP contribution is 2.46. The number of hydrogen-bond donors (Lipinski definition) is 5. The molecule has 1 amide bonds. The van der Waals surface area contributed by atoms with E-state index in [2.05, 4.69) is 14.1 Å². The first kappa shape index (κ1) is 29.1. The summed E-state index contributed by atoms with van der Waals surface area (Å²) in [4.78, 5) is 78.1. The Kier molecular flexibility index (Phi) is 8.52. The first-order valence-corrected chi connectivity index (χ1v) is 14.1. The van der Waals surface area contributed by atoms with Crippen LogP contribution in [-0.2, 0) is 9.13 Å². The number of hydrogen-bond acceptors (Lipinski definition) is 7. The molecule has 0 saturated heterocycles. The second kappa shape index (κ2) is 11.1. The van der Waals surface area contributed by atoms with Crippen LogP contribution in [-0.4, -0.2) is 58.3 Å². The first-order chi connectivity index (χ1) is 17.6. The third kappa shape index (κ3) is 6.70. The van der Waals surface area contributed by atoms with Gasteiger partial charge in [-0.15, -0.1) is 0 Å². The maximum atomic E-state index is 13.3. The summed E-state index contributed by atoms with van der Waals surface area (Å²) < 4.78 is 33.9. The van der Waals surface area contributed by atoms with Crippen molar-refractivity contribution in [3.05, 3.63) is 68.5 Å². The highest BCUT2D eigenvalue weighted by molar-refractivity contribution is 7.47. The molecule has 0 aliphatic heterocycles. The number of aromatic nitrogens is 3. The average Bonchev–Trinajstić information content (AvgIpc) is 3.09. The van der Waals surface area contributed by atoms with Gasteiger partial charge in [-0.05, 0) is 31.0 Å². The van der Waals surface area contributed by atoms with Crippen LogP contribution in [0.5, 0.6) is 11.5 Å². The molecule has 206 valence electrons. The minimum Gasteiger partial charge on any atom is -0.403 e. The number of para-hydroxylation sites is 1. The number of nitrogens with zero attached hydrogens (tertiary/aromatic N) is 3. The van der Waals surface area contributed by atoms with Crippen molar-refractivity contribution < 1.29 is 42.5 Å². The van der Waals surface area contributed by atoms with Crippen molar-refractivity contribution in [3.8, 4) is 22.9 Å². The number of carbonyl (C=O) groups excluding carboxylic acids is 1. The van der Waals surface area contributed by atoms with Crippen molar-refractivity contribution in [1.29, 1.82) is 0 Å². The second-order valence-corrected chi connectivity index (χ2v) is 10.5. The van der Waals surface area contributed by atoms with E-state index in [4.69, 9.17) is 0 Å². The number of phosphoric ester groups is 2. The average molecular weight is 572 g/mol. The minimum atomic E-state index is -5.32. The van der Waals surface area contributed by atoms with E-state index in [1.54, 1.807) is 25.1 Å². The van der Waals surface area contributed by atoms with E-state index in [1.165, 1.54) is 18.0 Å². The fourth-order valence-corrected chi connectivity index (χ4v) is 4.38. The molecule has 0 saturated carbocycles. The van der Waals surface area contributed by atoms with Crippen LogP contribution < -0.4 is 20.4 Å². The first-order valence-electron chi connectivity index (χ1n) is 11.1. The topological polar surface area (TPSA) is 214 Å². The summed E-state index contributed by atoms with van der Waals surface area (Å²) in [6.45, 7) is 3.79. The quantitative estimate of drug-likeness (QED) is 0.219. The molecule has 15 nitrogen and oxygen atoms in total. The molecule has 0 bridgehead atoms. The standard InChI is InChI=1S/C21H26N4O11P2/c1-4-5-10-23(3)19(26)14-11-16(18(36-38(32,33)34)12-17(14)35-37(29,30)31)25-21(28)24(20(27)22-25)15-9-7-6-8-13(15)2/h6-9,11-12H,4-5,10H2,1-3H3,(H,22,27)(H2,29,30,31)(H2,32,33,34). The largest absolute Gasteiger partial charge is 0.524 e. The highest BCUT2D eigenvalue weighted by atomic mass is 31.2. The number of benzene rings is 2. The molecule has 0 atom stereocenters. The fourth-order valence-electron chi connectivity index (χ4n) is 3.57. The maximum absolute atomic E-state index is 13.3. The molecule has 5 N–H and O–H groups in total. The molecule has 0 aliphatic rings. The molecule has 1 aromatic heterocycles. The van der Waals surface area contributed by atoms with Crippen LogP contribution in [0.15, 0.2) is 46.0 Å². The number of aromatic amines is 1. The predicted molar refractivity (Wildman–Crippen MR) is 134 cm³/mol. The molecule has 2 aromatic carbocycles. The third-order valence-corrected chi connectivity index (χ3v) is 6.18. The zero-order valence-electron chi connectivity index (χ0n) is 20.5. The number of H-pyrrole nitrogens is 1. The van der Waals surface area contributed by atoms with E-state index in [9.17, 15) is 43.1 Å². The van der Waals surface area contributed by atoms with Gasteiger partial charge in [0.05, 0.1) is 11.3 Å². The molecule has 0 radical (unpaired) electrons. The Bertz CT molecular complexity index is 1560. The zero-order valence-corrected chi connectivity index (χ0v) is 22.3. The number of amides is 1. The molecule has 0 aliphatic carbocycles. The van der Waals surface area contributed by atoms with E-state index in [0.717, 1.165) is 17.1 Å². The Hall–Kier alpha value is -3.45. The summed E-state index contributed by atoms with van der Waals surface area (Å²) in [7, 11) is -9.18. The van der Waals surface area contributed by atoms with Gasteiger partial charge in [0.2, 0.25) is 0 Å². The Morgan fingerprint density at radius 3 is 2.18 bits per heavy atom. The lowest BCUT2D eigenvalue weighted by molar-refractivity contribution is 0.0791. The van der Waals surface area contributed by atoms with Gasteiger partial charge in [0.1, 0.15) is 11.4 Å². The van der Waals surface area contributed by atoms with Crippen molar-refractivity contribution in [2.75, 3.05) is 13.6 Å². The van der Waals surface area contributed by atoms with Gasteiger partial charge in [-0.25, -0.2) is 28.4 Å². The van der Waals surface area contributed by atoms with Gasteiger partial charge in [0.25, 0.3) is 5.91 Å². The lowest BCUT2D eigenvalue weighted by atomic mass is 10.1. The number of rotatable bonds is 10. The van der Waals surface area contributed by atoms with E-state index in [-0.39, 0.29) is 12.2 Å². The van der Waals surface area contributed by atoms with Crippen molar-refractivity contribution in [1.82, 2.24) is 19.2 Å². The molecule has 0 spiro atoms. The summed E-state index contributed by atoms with van der Waals surface area (Å²) >= 11 is 0. The predicted octanol–water partition coefficient (Wildman–Crippen LogP) is 1.44. The third-order valence-electron chi connectivity index (χ3n) is 5.31. The lowest BCUT2D eigenvalue weighted by Gasteiger charge is -2.21. The van der Waals surface area contributed by atoms with Gasteiger partial charge in [-0.1, -0.05) is 31.5 Å². The molecular formula is C21H26N4O11P2. The van der Waals surface area contributed by atoms with Crippen LogP contribution in [0.3, 0.4) is 0 Å². The van der Waals surface area contributed by atoms with Crippen LogP contribution >= 0.6 is 15.6 Å². The number of nitrogens with one attached hydrogen (secondary N) is 1. The molecule has 38 heavy (non-hydrogen) atoms. The van der Waals surface area contributed by atoms with Gasteiger partial charge in [-0.2, -0.15) is 4.68 Å². The van der Waals surface area contributed by atoms with Crippen LogP contribution in [0.4, 0.5) is 0 Å². The van der Waals surface area contributed by atoms with Gasteiger partial charge < -0.3 is 13.9 Å². The summed E-state index contributed by atoms with van der Waals surface area (Å²) in [5.74, 6) is -2.37. The van der Waals surface area contributed by atoms with Crippen LogP contribution in [0, 0.1) is 6.92 Å². The van der Waals surface area contributed by atoms with E-state index >= 15 is 0 Å². The summed E-state index contributed by atoms with van der Waals surface area (Å²) in [6, 6.07) is 7.94. The Morgan fingerprint density at radius 2 is 1.61 bits per heavy atom. The molecule has 17 heteroatoms. The fraction of sp³-hybridized carbons (Fsp3) is 0.286. The summed E-state index contributed by atoms with van der Waals surface area (Å²) in [6.07, 6.45) is 1.32. The second-order valence-electron chi connectivity index (χ2n) is 8.22. The molecule has 3 aromatic rings. The van der Waals surface area contributed by atoms with E-state index < -0.39 is 55.7 Å². The van der Waals surface area contributed by atoms with Gasteiger partial charge in [0.15, 0.2) is 5.75 Å². The van der Waals surface area contributed by atoms with Crippen molar-refractivity contribution >= 4 is 21.6 Å². The summed E-state index contributed by atoms with van der Waals surface area (Å²) in [5.41, 5.74) is -2.14. The monoisotopic (exact) mass is 572 g/mol. The lowest BCUT2D eigenvalue weighted by Crippen LogP contribution is -2.29. The SMILES string of the molecule is CCCCN(C)C(=O)c1cc(-n2[nH]c(=O)n(-c3ccccc3C)c2=O)c(OP(=O)(O)O)cc1OP(=O)(O)O. The smallest absolute Gasteiger partial charge is 0.403 e. The normalized spacial score (nSPS) is 11.9. The number of phosphoric acid groups is 2. The minimum absolute atomic E-state index is 0.215. The molecule has 1 heterocycles. The van der Waals surface area contributed by atoms with Crippen LogP contribution in [0.25, 0.3) is 11.4 Å². The van der Waals surface area contributed by atoms with Gasteiger partial charge >= 0.3 is 27.0 Å². The Labute approximate surface area is 215 Å². The Balaban J connectivity index is 2.34. The molecule has 0 fully saturated rings. The van der Waals surface area contributed by atoms with E-state index in [0.29, 0.717) is 22.7 Å². The summed E-state index contributed by atoms with van der Waals surface area (Å²) in [5, 5.41) is 2.24.